The number of carbonyl (C=O) groups excluding carboxylic acids is 2. The van der Waals surface area contributed by atoms with Crippen LogP contribution in [0.15, 0.2) is 40.8 Å². The molecule has 1 aromatic heterocycles. The van der Waals surface area contributed by atoms with Gasteiger partial charge in [-0.3, -0.25) is 9.59 Å². The predicted octanol–water partition coefficient (Wildman–Crippen LogP) is 3.44. The Morgan fingerprint density at radius 2 is 2.00 bits per heavy atom. The van der Waals surface area contributed by atoms with Crippen LogP contribution in [0.4, 0.5) is 0 Å². The summed E-state index contributed by atoms with van der Waals surface area (Å²) >= 11 is 5.23. The van der Waals surface area contributed by atoms with Gasteiger partial charge in [-0.05, 0) is 48.7 Å². The van der Waals surface area contributed by atoms with E-state index in [0.717, 1.165) is 11.3 Å². The molecule has 0 spiro atoms. The summed E-state index contributed by atoms with van der Waals surface area (Å²) in [4.78, 5) is 22.5. The molecule has 0 atom stereocenters. The molecule has 23 heavy (non-hydrogen) atoms. The topological polar surface area (TPSA) is 68.5 Å². The van der Waals surface area contributed by atoms with Gasteiger partial charge in [-0.2, -0.15) is 0 Å². The van der Waals surface area contributed by atoms with E-state index in [0.29, 0.717) is 18.7 Å². The average molecular weight is 336 g/mol. The maximum atomic E-state index is 11.9. The minimum Gasteiger partial charge on any atom is -0.485 e. The summed E-state index contributed by atoms with van der Waals surface area (Å²) in [5, 5.41) is 2.26. The first kappa shape index (κ1) is 17.1. The number of nitrogens with one attached hydrogen (secondary N) is 1. The molecule has 0 aliphatic heterocycles. The van der Waals surface area contributed by atoms with Crippen LogP contribution in [-0.4, -0.2) is 17.7 Å². The monoisotopic (exact) mass is 335 g/mol. The highest BCUT2D eigenvalue weighted by atomic mass is 35.5. The zero-order chi connectivity index (χ0) is 16.7. The Bertz CT molecular complexity index is 681. The van der Waals surface area contributed by atoms with Gasteiger partial charge < -0.3 is 14.5 Å². The van der Waals surface area contributed by atoms with E-state index < -0.39 is 5.24 Å². The quantitative estimate of drug-likeness (QED) is 0.592. The van der Waals surface area contributed by atoms with E-state index in [1.165, 1.54) is 0 Å². The summed E-state index contributed by atoms with van der Waals surface area (Å²) in [5.41, 5.74) is 1.03. The van der Waals surface area contributed by atoms with E-state index in [1.807, 2.05) is 31.2 Å². The number of halogens is 1. The number of hydrogen-bond donors (Lipinski definition) is 1. The van der Waals surface area contributed by atoms with Gasteiger partial charge in [0.25, 0.3) is 5.91 Å². The van der Waals surface area contributed by atoms with Crippen molar-refractivity contribution in [1.82, 2.24) is 5.32 Å². The summed E-state index contributed by atoms with van der Waals surface area (Å²) in [7, 11) is 0. The van der Waals surface area contributed by atoms with E-state index >= 15 is 0 Å². The Morgan fingerprint density at radius 3 is 2.74 bits per heavy atom. The molecule has 0 unspecified atom stereocenters. The van der Waals surface area contributed by atoms with Crippen molar-refractivity contribution in [3.8, 4) is 5.75 Å². The second kappa shape index (κ2) is 8.39. The van der Waals surface area contributed by atoms with Gasteiger partial charge in [0.1, 0.15) is 18.1 Å². The van der Waals surface area contributed by atoms with Crippen molar-refractivity contribution in [2.24, 2.45) is 0 Å². The molecule has 1 amide bonds. The number of amides is 1. The minimum atomic E-state index is -0.409. The van der Waals surface area contributed by atoms with Gasteiger partial charge in [-0.15, -0.1) is 0 Å². The van der Waals surface area contributed by atoms with Crippen LogP contribution in [0.1, 0.15) is 34.7 Å². The van der Waals surface area contributed by atoms with Gasteiger partial charge in [0.2, 0.25) is 5.24 Å². The first-order valence-corrected chi connectivity index (χ1v) is 7.67. The fourth-order valence-electron chi connectivity index (χ4n) is 1.96. The Balaban J connectivity index is 1.82. The largest absolute Gasteiger partial charge is 0.485 e. The maximum Gasteiger partial charge on any atom is 0.286 e. The van der Waals surface area contributed by atoms with E-state index in [9.17, 15) is 9.59 Å². The molecule has 1 aromatic carbocycles. The molecule has 0 saturated carbocycles. The third kappa shape index (κ3) is 5.45. The number of hydrogen-bond acceptors (Lipinski definition) is 4. The zero-order valence-electron chi connectivity index (χ0n) is 12.8. The normalized spacial score (nSPS) is 10.3. The van der Waals surface area contributed by atoms with Crippen LogP contribution in [0.3, 0.4) is 0 Å². The number of furan rings is 1. The molecule has 0 bridgehead atoms. The van der Waals surface area contributed by atoms with Gasteiger partial charge in [-0.25, -0.2) is 0 Å². The van der Waals surface area contributed by atoms with Crippen molar-refractivity contribution in [1.29, 1.82) is 0 Å². The van der Waals surface area contributed by atoms with E-state index in [4.69, 9.17) is 20.8 Å². The summed E-state index contributed by atoms with van der Waals surface area (Å²) in [6, 6.07) is 11.0. The molecule has 2 rings (SSSR count). The molecule has 122 valence electrons. The number of rotatable bonds is 8. The van der Waals surface area contributed by atoms with Crippen molar-refractivity contribution in [3.63, 3.8) is 0 Å². The van der Waals surface area contributed by atoms with Crippen LogP contribution in [0, 0.1) is 6.92 Å². The first-order valence-electron chi connectivity index (χ1n) is 7.30. The lowest BCUT2D eigenvalue weighted by Crippen LogP contribution is -2.24. The summed E-state index contributed by atoms with van der Waals surface area (Å²) in [5.74, 6) is 1.23. The lowest BCUT2D eigenvalue weighted by atomic mass is 10.2. The van der Waals surface area contributed by atoms with E-state index in [-0.39, 0.29) is 24.7 Å². The van der Waals surface area contributed by atoms with E-state index in [2.05, 4.69) is 5.32 Å². The highest BCUT2D eigenvalue weighted by Gasteiger charge is 2.11. The molecule has 1 N–H and O–H groups in total. The van der Waals surface area contributed by atoms with Crippen molar-refractivity contribution in [2.75, 3.05) is 6.54 Å². The highest BCUT2D eigenvalue weighted by molar-refractivity contribution is 6.63. The predicted molar refractivity (Wildman–Crippen MR) is 86.6 cm³/mol. The lowest BCUT2D eigenvalue weighted by Gasteiger charge is -2.06. The Morgan fingerprint density at radius 1 is 1.22 bits per heavy atom. The molecule has 5 nitrogen and oxygen atoms in total. The van der Waals surface area contributed by atoms with Crippen LogP contribution in [0.2, 0.25) is 0 Å². The lowest BCUT2D eigenvalue weighted by molar-refractivity contribution is -0.111. The molecule has 1 heterocycles. The number of benzene rings is 1. The van der Waals surface area contributed by atoms with Gasteiger partial charge in [0.15, 0.2) is 5.76 Å². The summed E-state index contributed by atoms with van der Waals surface area (Å²) in [6.45, 7) is 2.58. The van der Waals surface area contributed by atoms with Gasteiger partial charge in [0, 0.05) is 13.0 Å². The molecular formula is C17H18ClNO4. The fourth-order valence-corrected chi connectivity index (χ4v) is 2.09. The van der Waals surface area contributed by atoms with Crippen molar-refractivity contribution in [3.05, 3.63) is 53.5 Å². The SMILES string of the molecule is Cc1ccccc1OCc1ccc(C(=O)NCCCC(=O)Cl)o1. The number of ether oxygens (including phenoxy) is 1. The second-order valence-electron chi connectivity index (χ2n) is 5.03. The van der Waals surface area contributed by atoms with Crippen LogP contribution in [0.25, 0.3) is 0 Å². The van der Waals surface area contributed by atoms with Crippen LogP contribution in [0.5, 0.6) is 5.75 Å². The third-order valence-corrected chi connectivity index (χ3v) is 3.37. The molecule has 2 aromatic rings. The molecule has 0 aliphatic carbocycles. The van der Waals surface area contributed by atoms with E-state index in [1.54, 1.807) is 12.1 Å². The highest BCUT2D eigenvalue weighted by Crippen LogP contribution is 2.18. The Hall–Kier alpha value is -2.27. The second-order valence-corrected chi connectivity index (χ2v) is 5.46. The summed E-state index contributed by atoms with van der Waals surface area (Å²) < 4.78 is 11.1. The van der Waals surface area contributed by atoms with Gasteiger partial charge in [0.05, 0.1) is 0 Å². The molecule has 0 radical (unpaired) electrons. The Labute approximate surface area is 139 Å². The Kier molecular flexibility index (Phi) is 6.23. The molecule has 0 aliphatic rings. The van der Waals surface area contributed by atoms with Crippen LogP contribution in [-0.2, 0) is 11.4 Å². The molecule has 0 fully saturated rings. The number of carbonyl (C=O) groups is 2. The molecule has 6 heteroatoms. The standard InChI is InChI=1S/C17H18ClNO4/c1-12-5-2-3-6-14(12)22-11-13-8-9-15(23-13)17(21)19-10-4-7-16(18)20/h2-3,5-6,8-9H,4,7,10-11H2,1H3,(H,19,21). The van der Waals surface area contributed by atoms with Crippen molar-refractivity contribution >= 4 is 22.8 Å². The maximum absolute atomic E-state index is 11.9. The van der Waals surface area contributed by atoms with Crippen LogP contribution >= 0.6 is 11.6 Å². The summed E-state index contributed by atoms with van der Waals surface area (Å²) in [6.07, 6.45) is 0.730. The number of para-hydroxylation sites is 1. The molecule has 0 saturated heterocycles. The van der Waals surface area contributed by atoms with Crippen molar-refractivity contribution in [2.45, 2.75) is 26.4 Å². The zero-order valence-corrected chi connectivity index (χ0v) is 13.6. The smallest absolute Gasteiger partial charge is 0.286 e. The van der Waals surface area contributed by atoms with Gasteiger partial charge >= 0.3 is 0 Å². The van der Waals surface area contributed by atoms with Crippen molar-refractivity contribution < 1.29 is 18.7 Å². The van der Waals surface area contributed by atoms with Gasteiger partial charge in [-0.1, -0.05) is 18.2 Å². The van der Waals surface area contributed by atoms with Crippen LogP contribution < -0.4 is 10.1 Å². The third-order valence-electron chi connectivity index (χ3n) is 3.18. The minimum absolute atomic E-state index is 0.214. The number of aryl methyl sites for hydroxylation is 1. The first-order chi connectivity index (χ1) is 11.1. The average Bonchev–Trinajstić information content (AvgIpc) is 2.99. The fraction of sp³-hybridized carbons (Fsp3) is 0.294. The molecular weight excluding hydrogens is 318 g/mol.